The summed E-state index contributed by atoms with van der Waals surface area (Å²) in [5.41, 5.74) is 4.96. The predicted octanol–water partition coefficient (Wildman–Crippen LogP) is 1.79. The van der Waals surface area contributed by atoms with Gasteiger partial charge in [-0.25, -0.2) is 9.37 Å². The van der Waals surface area contributed by atoms with E-state index in [-0.39, 0.29) is 24.1 Å². The highest BCUT2D eigenvalue weighted by Gasteiger charge is 2.12. The van der Waals surface area contributed by atoms with Crippen molar-refractivity contribution in [3.05, 3.63) is 64.5 Å². The molecular formula is C21H21FN4O5. The molecule has 2 N–H and O–H groups in total. The fraction of sp³-hybridized carbons (Fsp3) is 0.238. The molecule has 0 aliphatic heterocycles. The van der Waals surface area contributed by atoms with E-state index in [1.807, 2.05) is 0 Å². The van der Waals surface area contributed by atoms with Crippen LogP contribution in [0.3, 0.4) is 0 Å². The second kappa shape index (κ2) is 9.70. The predicted molar refractivity (Wildman–Crippen MR) is 110 cm³/mol. The van der Waals surface area contributed by atoms with E-state index in [2.05, 4.69) is 15.8 Å². The van der Waals surface area contributed by atoms with E-state index in [0.29, 0.717) is 28.8 Å². The van der Waals surface area contributed by atoms with E-state index in [1.165, 1.54) is 37.2 Å². The van der Waals surface area contributed by atoms with Gasteiger partial charge in [0.15, 0.2) is 11.5 Å². The first-order chi connectivity index (χ1) is 14.9. The molecule has 1 heterocycles. The van der Waals surface area contributed by atoms with Crippen LogP contribution in [0.2, 0.25) is 0 Å². The molecule has 0 atom stereocenters. The smallest absolute Gasteiger partial charge is 0.269 e. The third-order valence-electron chi connectivity index (χ3n) is 4.55. The van der Waals surface area contributed by atoms with Crippen LogP contribution in [0.1, 0.15) is 23.2 Å². The molecule has 0 spiro atoms. The number of nitrogens with one attached hydrogen (secondary N) is 2. The Morgan fingerprint density at radius 3 is 2.42 bits per heavy atom. The van der Waals surface area contributed by atoms with Crippen molar-refractivity contribution < 1.29 is 23.5 Å². The van der Waals surface area contributed by atoms with Gasteiger partial charge < -0.3 is 9.47 Å². The third kappa shape index (κ3) is 5.16. The Morgan fingerprint density at radius 1 is 1.06 bits per heavy atom. The number of fused-ring (bicyclic) bond motifs is 1. The number of amides is 2. The van der Waals surface area contributed by atoms with E-state index >= 15 is 0 Å². The normalized spacial score (nSPS) is 10.5. The Hall–Kier alpha value is -3.95. The highest BCUT2D eigenvalue weighted by molar-refractivity contribution is 5.95. The number of benzene rings is 2. The molecule has 10 heteroatoms. The zero-order valence-corrected chi connectivity index (χ0v) is 17.0. The first kappa shape index (κ1) is 21.8. The van der Waals surface area contributed by atoms with E-state index in [9.17, 15) is 18.8 Å². The minimum Gasteiger partial charge on any atom is -0.493 e. The summed E-state index contributed by atoms with van der Waals surface area (Å²) in [4.78, 5) is 40.8. The number of hydrogen-bond acceptors (Lipinski definition) is 6. The molecule has 31 heavy (non-hydrogen) atoms. The van der Waals surface area contributed by atoms with Gasteiger partial charge in [-0.15, -0.1) is 0 Å². The van der Waals surface area contributed by atoms with Gasteiger partial charge in [-0.2, -0.15) is 0 Å². The fourth-order valence-corrected chi connectivity index (χ4v) is 2.92. The SMILES string of the molecule is COc1cc2ncn(CCCC(=O)NNC(=O)c3ccc(F)cc3)c(=O)c2cc1OC. The summed E-state index contributed by atoms with van der Waals surface area (Å²) in [6.45, 7) is 0.259. The van der Waals surface area contributed by atoms with Crippen LogP contribution >= 0.6 is 0 Å². The first-order valence-electron chi connectivity index (χ1n) is 9.39. The number of rotatable bonds is 7. The molecule has 0 saturated carbocycles. The molecule has 0 fully saturated rings. The summed E-state index contributed by atoms with van der Waals surface area (Å²) in [6, 6.07) is 8.10. The number of halogens is 1. The van der Waals surface area contributed by atoms with Crippen molar-refractivity contribution in [2.75, 3.05) is 14.2 Å². The van der Waals surface area contributed by atoms with Gasteiger partial charge in [0.05, 0.1) is 31.4 Å². The van der Waals surface area contributed by atoms with Gasteiger partial charge in [-0.3, -0.25) is 29.8 Å². The molecule has 3 rings (SSSR count). The van der Waals surface area contributed by atoms with E-state index < -0.39 is 17.6 Å². The van der Waals surface area contributed by atoms with Gasteiger partial charge >= 0.3 is 0 Å². The second-order valence-corrected chi connectivity index (χ2v) is 6.58. The third-order valence-corrected chi connectivity index (χ3v) is 4.55. The Kier molecular flexibility index (Phi) is 6.81. The standard InChI is InChI=1S/C21H21FN4O5/c1-30-17-10-15-16(11-18(17)31-2)23-12-26(21(15)29)9-3-4-19(27)24-25-20(28)13-5-7-14(22)8-6-13/h5-8,10-12H,3-4,9H2,1-2H3,(H,24,27)(H,25,28). The average Bonchev–Trinajstić information content (AvgIpc) is 2.78. The second-order valence-electron chi connectivity index (χ2n) is 6.58. The molecular weight excluding hydrogens is 407 g/mol. The van der Waals surface area contributed by atoms with Gasteiger partial charge in [0.25, 0.3) is 11.5 Å². The van der Waals surface area contributed by atoms with Crippen molar-refractivity contribution in [3.63, 3.8) is 0 Å². The largest absolute Gasteiger partial charge is 0.493 e. The van der Waals surface area contributed by atoms with Crippen LogP contribution in [0.4, 0.5) is 4.39 Å². The number of aryl methyl sites for hydroxylation is 1. The van der Waals surface area contributed by atoms with Crippen molar-refractivity contribution in [1.82, 2.24) is 20.4 Å². The van der Waals surface area contributed by atoms with Crippen LogP contribution in [-0.4, -0.2) is 35.6 Å². The lowest BCUT2D eigenvalue weighted by molar-refractivity contribution is -0.122. The number of methoxy groups -OCH3 is 2. The number of carbonyl (C=O) groups excluding carboxylic acids is 2. The molecule has 3 aromatic rings. The monoisotopic (exact) mass is 428 g/mol. The topological polar surface area (TPSA) is 112 Å². The van der Waals surface area contributed by atoms with Crippen molar-refractivity contribution in [1.29, 1.82) is 0 Å². The lowest BCUT2D eigenvalue weighted by atomic mass is 10.2. The Labute approximate surface area is 176 Å². The molecule has 2 aromatic carbocycles. The summed E-state index contributed by atoms with van der Waals surface area (Å²) in [6.07, 6.45) is 1.82. The lowest BCUT2D eigenvalue weighted by Crippen LogP contribution is -2.41. The number of nitrogens with zero attached hydrogens (tertiary/aromatic N) is 2. The molecule has 0 bridgehead atoms. The lowest BCUT2D eigenvalue weighted by Gasteiger charge is -2.11. The number of hydrogen-bond donors (Lipinski definition) is 2. The molecule has 0 aliphatic rings. The molecule has 0 radical (unpaired) electrons. The van der Waals surface area contributed by atoms with Crippen LogP contribution in [-0.2, 0) is 11.3 Å². The maximum absolute atomic E-state index is 12.9. The summed E-state index contributed by atoms with van der Waals surface area (Å²) in [5.74, 6) is -0.560. The van der Waals surface area contributed by atoms with Gasteiger partial charge in [-0.05, 0) is 36.8 Å². The maximum Gasteiger partial charge on any atom is 0.269 e. The van der Waals surface area contributed by atoms with Gasteiger partial charge in [0, 0.05) is 24.6 Å². The highest BCUT2D eigenvalue weighted by atomic mass is 19.1. The summed E-state index contributed by atoms with van der Waals surface area (Å²) >= 11 is 0. The van der Waals surface area contributed by atoms with E-state index in [4.69, 9.17) is 9.47 Å². The number of carbonyl (C=O) groups is 2. The number of ether oxygens (including phenoxy) is 2. The van der Waals surface area contributed by atoms with Crippen molar-refractivity contribution in [3.8, 4) is 11.5 Å². The van der Waals surface area contributed by atoms with Gasteiger partial charge in [0.2, 0.25) is 5.91 Å². The first-order valence-corrected chi connectivity index (χ1v) is 9.39. The average molecular weight is 428 g/mol. The van der Waals surface area contributed by atoms with Crippen LogP contribution in [0, 0.1) is 5.82 Å². The van der Waals surface area contributed by atoms with Crippen LogP contribution in [0.5, 0.6) is 11.5 Å². The zero-order valence-electron chi connectivity index (χ0n) is 17.0. The van der Waals surface area contributed by atoms with Gasteiger partial charge in [-0.1, -0.05) is 0 Å². The number of hydrazine groups is 1. The summed E-state index contributed by atoms with van der Waals surface area (Å²) in [5, 5.41) is 0.371. The molecule has 1 aromatic heterocycles. The quantitative estimate of drug-likeness (QED) is 0.555. The Morgan fingerprint density at radius 2 is 1.74 bits per heavy atom. The van der Waals surface area contributed by atoms with E-state index in [1.54, 1.807) is 12.1 Å². The molecule has 2 amide bonds. The Balaban J connectivity index is 1.56. The zero-order chi connectivity index (χ0) is 22.4. The van der Waals surface area contributed by atoms with Crippen LogP contribution in [0.25, 0.3) is 10.9 Å². The molecule has 0 aliphatic carbocycles. The fourth-order valence-electron chi connectivity index (χ4n) is 2.92. The van der Waals surface area contributed by atoms with Crippen LogP contribution in [0.15, 0.2) is 47.5 Å². The summed E-state index contributed by atoms with van der Waals surface area (Å²) < 4.78 is 24.7. The van der Waals surface area contributed by atoms with Crippen LogP contribution < -0.4 is 25.9 Å². The van der Waals surface area contributed by atoms with Crippen molar-refractivity contribution in [2.24, 2.45) is 0 Å². The maximum atomic E-state index is 12.9. The highest BCUT2D eigenvalue weighted by Crippen LogP contribution is 2.29. The molecule has 162 valence electrons. The minimum absolute atomic E-state index is 0.0696. The molecule has 0 saturated heterocycles. The van der Waals surface area contributed by atoms with Crippen molar-refractivity contribution in [2.45, 2.75) is 19.4 Å². The van der Waals surface area contributed by atoms with E-state index in [0.717, 1.165) is 12.1 Å². The van der Waals surface area contributed by atoms with Crippen molar-refractivity contribution >= 4 is 22.7 Å². The minimum atomic E-state index is -0.562. The number of aromatic nitrogens is 2. The Bertz CT molecular complexity index is 1160. The molecule has 9 nitrogen and oxygen atoms in total. The summed E-state index contributed by atoms with van der Waals surface area (Å²) in [7, 11) is 2.98. The van der Waals surface area contributed by atoms with Gasteiger partial charge in [0.1, 0.15) is 5.82 Å². The molecule has 0 unspecified atom stereocenters.